The molecule has 0 aliphatic heterocycles. The molecule has 2 rings (SSSR count). The molecule has 0 aromatic heterocycles. The van der Waals surface area contributed by atoms with Crippen LogP contribution in [0.15, 0.2) is 55.1 Å². The number of esters is 1. The normalized spacial score (nSPS) is 10.0. The zero-order chi connectivity index (χ0) is 18.9. The number of carbonyl (C=O) groups excluding carboxylic acids is 1. The van der Waals surface area contributed by atoms with Crippen molar-refractivity contribution in [3.63, 3.8) is 0 Å². The Labute approximate surface area is 149 Å². The Kier molecular flexibility index (Phi) is 6.69. The summed E-state index contributed by atoms with van der Waals surface area (Å²) in [4.78, 5) is 21.8. The van der Waals surface area contributed by atoms with E-state index in [4.69, 9.17) is 18.9 Å². The van der Waals surface area contributed by atoms with Gasteiger partial charge in [0.05, 0.1) is 11.5 Å². The summed E-state index contributed by atoms with van der Waals surface area (Å²) in [5.41, 5.74) is -0.0627. The zero-order valence-corrected chi connectivity index (χ0v) is 14.0. The van der Waals surface area contributed by atoms with Gasteiger partial charge in [0, 0.05) is 25.3 Å². The van der Waals surface area contributed by atoms with Crippen LogP contribution < -0.4 is 14.2 Å². The van der Waals surface area contributed by atoms with Crippen LogP contribution in [-0.4, -0.2) is 31.2 Å². The fraction of sp³-hybridized carbons (Fsp3) is 0.167. The number of methoxy groups -OCH3 is 1. The molecule has 0 heterocycles. The van der Waals surface area contributed by atoms with Crippen molar-refractivity contribution in [2.75, 3.05) is 20.3 Å². The smallest absolute Gasteiger partial charge is 0.335 e. The summed E-state index contributed by atoms with van der Waals surface area (Å²) in [5, 5.41) is 10.7. The highest BCUT2D eigenvalue weighted by atomic mass is 16.6. The van der Waals surface area contributed by atoms with Gasteiger partial charge in [-0.05, 0) is 24.3 Å². The van der Waals surface area contributed by atoms with Crippen molar-refractivity contribution >= 4 is 11.7 Å². The van der Waals surface area contributed by atoms with Crippen LogP contribution in [0.5, 0.6) is 23.0 Å². The van der Waals surface area contributed by atoms with Crippen LogP contribution in [0.25, 0.3) is 0 Å². The van der Waals surface area contributed by atoms with E-state index < -0.39 is 10.9 Å². The topological polar surface area (TPSA) is 97.1 Å². The van der Waals surface area contributed by atoms with Gasteiger partial charge in [-0.2, -0.15) is 0 Å². The molecule has 8 heteroatoms. The molecule has 0 atom stereocenters. The number of ether oxygens (including phenoxy) is 4. The van der Waals surface area contributed by atoms with Gasteiger partial charge in [-0.15, -0.1) is 0 Å². The Balaban J connectivity index is 2.29. The van der Waals surface area contributed by atoms with Crippen molar-refractivity contribution in [2.45, 2.75) is 0 Å². The largest absolute Gasteiger partial charge is 0.487 e. The van der Waals surface area contributed by atoms with Crippen molar-refractivity contribution in [3.8, 4) is 23.0 Å². The second kappa shape index (κ2) is 9.19. The molecule has 0 aliphatic rings. The van der Waals surface area contributed by atoms with Gasteiger partial charge < -0.3 is 18.9 Å². The first kappa shape index (κ1) is 18.9. The Hall–Kier alpha value is -3.39. The Bertz CT molecular complexity index is 787. The summed E-state index contributed by atoms with van der Waals surface area (Å²) in [5.74, 6) is 0.231. The number of hydrogen-bond acceptors (Lipinski definition) is 7. The summed E-state index contributed by atoms with van der Waals surface area (Å²) in [6, 6.07) is 10.4. The van der Waals surface area contributed by atoms with Gasteiger partial charge >= 0.3 is 5.97 Å². The first-order chi connectivity index (χ1) is 12.5. The number of hydrogen-bond donors (Lipinski definition) is 0. The zero-order valence-electron chi connectivity index (χ0n) is 14.0. The fourth-order valence-electron chi connectivity index (χ4n) is 1.93. The van der Waals surface area contributed by atoms with Crippen molar-refractivity contribution in [3.05, 3.63) is 65.2 Å². The van der Waals surface area contributed by atoms with Crippen molar-refractivity contribution in [1.82, 2.24) is 0 Å². The molecule has 2 aromatic rings. The number of benzene rings is 2. The third-order valence-corrected chi connectivity index (χ3v) is 3.13. The predicted octanol–water partition coefficient (Wildman–Crippen LogP) is 3.50. The fourth-order valence-corrected chi connectivity index (χ4v) is 1.93. The Morgan fingerprint density at radius 3 is 2.46 bits per heavy atom. The minimum absolute atomic E-state index is 0.0627. The van der Waals surface area contributed by atoms with Gasteiger partial charge in [0.2, 0.25) is 5.75 Å². The predicted molar refractivity (Wildman–Crippen MR) is 92.8 cm³/mol. The van der Waals surface area contributed by atoms with Gasteiger partial charge in [0.25, 0.3) is 5.69 Å². The molecule has 2 aromatic carbocycles. The first-order valence-corrected chi connectivity index (χ1v) is 7.56. The van der Waals surface area contributed by atoms with E-state index in [0.29, 0.717) is 12.4 Å². The van der Waals surface area contributed by atoms with Crippen molar-refractivity contribution in [1.29, 1.82) is 0 Å². The maximum Gasteiger partial charge on any atom is 0.335 e. The minimum Gasteiger partial charge on any atom is -0.487 e. The van der Waals surface area contributed by atoms with E-state index in [1.54, 1.807) is 18.2 Å². The quantitative estimate of drug-likeness (QED) is 0.169. The Morgan fingerprint density at radius 2 is 1.85 bits per heavy atom. The molecule has 0 spiro atoms. The molecular weight excluding hydrogens is 342 g/mol. The molecule has 0 radical (unpaired) electrons. The van der Waals surface area contributed by atoms with Crippen molar-refractivity contribution in [2.24, 2.45) is 0 Å². The van der Waals surface area contributed by atoms with E-state index in [1.165, 1.54) is 31.4 Å². The van der Waals surface area contributed by atoms with Gasteiger partial charge in [-0.3, -0.25) is 10.1 Å². The van der Waals surface area contributed by atoms with E-state index in [1.807, 2.05) is 0 Å². The monoisotopic (exact) mass is 359 g/mol. The third kappa shape index (κ3) is 5.05. The summed E-state index contributed by atoms with van der Waals surface area (Å²) < 4.78 is 21.4. The van der Waals surface area contributed by atoms with E-state index >= 15 is 0 Å². The lowest BCUT2D eigenvalue weighted by Gasteiger charge is -2.15. The van der Waals surface area contributed by atoms with Gasteiger partial charge in [0.1, 0.15) is 12.4 Å². The molecule has 0 saturated carbocycles. The van der Waals surface area contributed by atoms with Crippen LogP contribution in [0.3, 0.4) is 0 Å². The van der Waals surface area contributed by atoms with Crippen LogP contribution in [0.2, 0.25) is 0 Å². The van der Waals surface area contributed by atoms with E-state index in [0.717, 1.165) is 6.08 Å². The number of nitro benzene ring substituents is 1. The minimum atomic E-state index is -0.679. The Morgan fingerprint density at radius 1 is 1.15 bits per heavy atom. The summed E-state index contributed by atoms with van der Waals surface area (Å²) in [7, 11) is 1.54. The molecule has 0 amide bonds. The average molecular weight is 359 g/mol. The highest BCUT2D eigenvalue weighted by molar-refractivity contribution is 5.84. The standard InChI is InChI=1S/C18H17NO7/c1-3-17(20)26-18-15(24-12-11-23-2)5-4-6-16(18)25-14-9-7-13(8-10-14)19(21)22/h3-10H,1,11-12H2,2H3. The summed E-state index contributed by atoms with van der Waals surface area (Å²) in [6.07, 6.45) is 1.02. The first-order valence-electron chi connectivity index (χ1n) is 7.56. The van der Waals surface area contributed by atoms with Crippen LogP contribution in [0.4, 0.5) is 5.69 Å². The third-order valence-electron chi connectivity index (χ3n) is 3.13. The van der Waals surface area contributed by atoms with Gasteiger partial charge in [-0.25, -0.2) is 4.79 Å². The summed E-state index contributed by atoms with van der Waals surface area (Å²) in [6.45, 7) is 3.96. The lowest BCUT2D eigenvalue weighted by molar-refractivity contribution is -0.384. The molecule has 0 unspecified atom stereocenters. The van der Waals surface area contributed by atoms with Gasteiger partial charge in [-0.1, -0.05) is 12.6 Å². The van der Waals surface area contributed by atoms with E-state index in [2.05, 4.69) is 6.58 Å². The molecular formula is C18H17NO7. The highest BCUT2D eigenvalue weighted by Gasteiger charge is 2.16. The van der Waals surface area contributed by atoms with Crippen LogP contribution >= 0.6 is 0 Å². The van der Waals surface area contributed by atoms with E-state index in [-0.39, 0.29) is 29.5 Å². The summed E-state index contributed by atoms with van der Waals surface area (Å²) >= 11 is 0. The number of carbonyl (C=O) groups is 1. The molecule has 136 valence electrons. The lowest BCUT2D eigenvalue weighted by atomic mass is 10.2. The van der Waals surface area contributed by atoms with Crippen LogP contribution in [-0.2, 0) is 9.53 Å². The second-order valence-corrected chi connectivity index (χ2v) is 4.90. The molecule has 0 fully saturated rings. The SMILES string of the molecule is C=CC(=O)Oc1c(OCCOC)cccc1Oc1ccc([N+](=O)[O-])cc1. The molecule has 0 saturated heterocycles. The maximum absolute atomic E-state index is 11.6. The van der Waals surface area contributed by atoms with Crippen LogP contribution in [0, 0.1) is 10.1 Å². The molecule has 0 N–H and O–H groups in total. The number of rotatable bonds is 9. The van der Waals surface area contributed by atoms with Crippen molar-refractivity contribution < 1.29 is 28.7 Å². The maximum atomic E-state index is 11.6. The van der Waals surface area contributed by atoms with Gasteiger partial charge in [0.15, 0.2) is 11.5 Å². The number of nitrogens with zero attached hydrogens (tertiary/aromatic N) is 1. The number of nitro groups is 1. The molecule has 0 aliphatic carbocycles. The molecule has 26 heavy (non-hydrogen) atoms. The number of non-ortho nitro benzene ring substituents is 1. The van der Waals surface area contributed by atoms with Crippen LogP contribution in [0.1, 0.15) is 0 Å². The van der Waals surface area contributed by atoms with E-state index in [9.17, 15) is 14.9 Å². The molecule has 0 bridgehead atoms. The number of para-hydroxylation sites is 1. The average Bonchev–Trinajstić information content (AvgIpc) is 2.64. The molecule has 8 nitrogen and oxygen atoms in total. The second-order valence-electron chi connectivity index (χ2n) is 4.90. The highest BCUT2D eigenvalue weighted by Crippen LogP contribution is 2.40. The lowest BCUT2D eigenvalue weighted by Crippen LogP contribution is -2.09.